The van der Waals surface area contributed by atoms with Crippen molar-refractivity contribution < 1.29 is 14.2 Å². The van der Waals surface area contributed by atoms with E-state index in [9.17, 15) is 9.50 Å². The highest BCUT2D eigenvalue weighted by molar-refractivity contribution is 5.86. The Morgan fingerprint density at radius 3 is 2.69 bits per heavy atom. The number of hydrogen-bond acceptors (Lipinski definition) is 3. The molecule has 35 heavy (non-hydrogen) atoms. The summed E-state index contributed by atoms with van der Waals surface area (Å²) in [7, 11) is 1.68. The lowest BCUT2D eigenvalue weighted by Gasteiger charge is -2.56. The van der Waals surface area contributed by atoms with Gasteiger partial charge in [-0.05, 0) is 60.3 Å². The van der Waals surface area contributed by atoms with Gasteiger partial charge in [-0.25, -0.2) is 4.39 Å². The predicted octanol–water partition coefficient (Wildman–Crippen LogP) is 5.03. The Labute approximate surface area is 205 Å². The Balaban J connectivity index is 1.41. The van der Waals surface area contributed by atoms with Gasteiger partial charge in [0.2, 0.25) is 0 Å². The largest absolute Gasteiger partial charge is 0.497 e. The molecular formula is C30H31FN2O2. The molecule has 2 aliphatic rings. The first-order valence-electron chi connectivity index (χ1n) is 12.4. The molecule has 3 aromatic carbocycles. The Hall–Kier alpha value is -3.15. The zero-order valence-corrected chi connectivity index (χ0v) is 20.1. The number of likely N-dealkylation sites (tertiary alicyclic amines) is 1. The van der Waals surface area contributed by atoms with Crippen LogP contribution in [0.15, 0.2) is 72.8 Å². The first-order valence-corrected chi connectivity index (χ1v) is 12.4. The monoisotopic (exact) mass is 470 g/mol. The average Bonchev–Trinajstić information content (AvgIpc) is 3.23. The molecule has 0 radical (unpaired) electrons. The zero-order chi connectivity index (χ0) is 24.0. The third-order valence-electron chi connectivity index (χ3n) is 8.33. The molecule has 1 aliphatic heterocycles. The lowest BCUT2D eigenvalue weighted by Crippen LogP contribution is -2.66. The Morgan fingerprint density at radius 1 is 1.03 bits per heavy atom. The molecule has 4 nitrogen and oxygen atoms in total. The highest BCUT2D eigenvalue weighted by Crippen LogP contribution is 2.52. The van der Waals surface area contributed by atoms with Crippen LogP contribution in [0.2, 0.25) is 0 Å². The number of hydrogen-bond donors (Lipinski definition) is 2. The molecule has 1 saturated heterocycles. The summed E-state index contributed by atoms with van der Waals surface area (Å²) in [6.07, 6.45) is 2.83. The normalized spacial score (nSPS) is 24.2. The van der Waals surface area contributed by atoms with Crippen molar-refractivity contribution >= 4 is 10.9 Å². The minimum Gasteiger partial charge on any atom is -0.497 e. The van der Waals surface area contributed by atoms with Crippen LogP contribution in [0.5, 0.6) is 5.75 Å². The maximum atomic E-state index is 14.9. The number of rotatable bonds is 5. The lowest BCUT2D eigenvalue weighted by atomic mass is 9.56. The van der Waals surface area contributed by atoms with Crippen molar-refractivity contribution in [3.63, 3.8) is 0 Å². The summed E-state index contributed by atoms with van der Waals surface area (Å²) >= 11 is 0. The van der Waals surface area contributed by atoms with E-state index in [1.54, 1.807) is 13.2 Å². The first kappa shape index (κ1) is 22.3. The second kappa shape index (κ2) is 8.51. The van der Waals surface area contributed by atoms with Gasteiger partial charge < -0.3 is 19.7 Å². The molecule has 2 N–H and O–H groups in total. The minimum atomic E-state index is -1.03. The SMILES string of the molecule is COc1cccc(C23CCN(CCc4ccccc4)CC2(O)Cc2c([nH]c4cccc(F)c24)C3)c1. The molecule has 4 aromatic rings. The quantitative estimate of drug-likeness (QED) is 0.430. The van der Waals surface area contributed by atoms with Gasteiger partial charge in [-0.15, -0.1) is 0 Å². The molecule has 2 atom stereocenters. The van der Waals surface area contributed by atoms with Crippen molar-refractivity contribution in [1.29, 1.82) is 0 Å². The number of ether oxygens (including phenoxy) is 1. The molecular weight excluding hydrogens is 439 g/mol. The minimum absolute atomic E-state index is 0.228. The lowest BCUT2D eigenvalue weighted by molar-refractivity contribution is -0.102. The molecule has 1 aromatic heterocycles. The third-order valence-corrected chi connectivity index (χ3v) is 8.33. The number of nitrogens with zero attached hydrogens (tertiary/aromatic N) is 1. The highest BCUT2D eigenvalue weighted by atomic mass is 19.1. The molecule has 0 saturated carbocycles. The summed E-state index contributed by atoms with van der Waals surface area (Å²) in [6, 6.07) is 23.8. The van der Waals surface area contributed by atoms with E-state index in [0.29, 0.717) is 24.8 Å². The Morgan fingerprint density at radius 2 is 1.86 bits per heavy atom. The van der Waals surface area contributed by atoms with Gasteiger partial charge >= 0.3 is 0 Å². The van der Waals surface area contributed by atoms with E-state index in [4.69, 9.17) is 4.74 Å². The van der Waals surface area contributed by atoms with Gasteiger partial charge in [-0.1, -0.05) is 48.5 Å². The van der Waals surface area contributed by atoms with E-state index in [2.05, 4.69) is 46.3 Å². The molecule has 180 valence electrons. The number of β-amino-alcohol motifs (C(OH)–C–C–N with tert-alkyl or cyclic N) is 1. The van der Waals surface area contributed by atoms with Gasteiger partial charge in [0.1, 0.15) is 11.6 Å². The van der Waals surface area contributed by atoms with Gasteiger partial charge in [-0.2, -0.15) is 0 Å². The van der Waals surface area contributed by atoms with E-state index in [0.717, 1.165) is 54.0 Å². The van der Waals surface area contributed by atoms with Gasteiger partial charge in [0.15, 0.2) is 0 Å². The molecule has 1 fully saturated rings. The van der Waals surface area contributed by atoms with Gasteiger partial charge in [0.05, 0.1) is 12.7 Å². The molecule has 0 spiro atoms. The Bertz CT molecular complexity index is 1370. The van der Waals surface area contributed by atoms with Crippen molar-refractivity contribution in [3.8, 4) is 5.75 Å². The van der Waals surface area contributed by atoms with Crippen LogP contribution in [-0.2, 0) is 24.7 Å². The summed E-state index contributed by atoms with van der Waals surface area (Å²) in [5.74, 6) is 0.563. The number of benzene rings is 3. The third kappa shape index (κ3) is 3.65. The smallest absolute Gasteiger partial charge is 0.132 e. The average molecular weight is 471 g/mol. The standard InChI is InChI=1S/C30H31FN2O2/c1-35-23-10-5-9-22(17-23)29-14-16-33(15-13-21-7-3-2-4-8-21)20-30(29,34)18-24-27(19-29)32-26-12-6-11-25(31)28(24)26/h2-12,17,32,34H,13-16,18-20H2,1H3. The summed E-state index contributed by atoms with van der Waals surface area (Å²) in [4.78, 5) is 5.87. The number of aliphatic hydroxyl groups is 1. The predicted molar refractivity (Wildman–Crippen MR) is 136 cm³/mol. The van der Waals surface area contributed by atoms with Crippen LogP contribution in [0.4, 0.5) is 4.39 Å². The zero-order valence-electron chi connectivity index (χ0n) is 20.1. The van der Waals surface area contributed by atoms with Crippen molar-refractivity contribution in [3.05, 3.63) is 101 Å². The summed E-state index contributed by atoms with van der Waals surface area (Å²) in [5, 5.41) is 13.1. The fraction of sp³-hybridized carbons (Fsp3) is 0.333. The van der Waals surface area contributed by atoms with E-state index < -0.39 is 11.0 Å². The van der Waals surface area contributed by atoms with Gasteiger partial charge in [0, 0.05) is 47.9 Å². The molecule has 0 amide bonds. The maximum Gasteiger partial charge on any atom is 0.132 e. The van der Waals surface area contributed by atoms with Crippen LogP contribution >= 0.6 is 0 Å². The fourth-order valence-corrected chi connectivity index (χ4v) is 6.48. The summed E-state index contributed by atoms with van der Waals surface area (Å²) in [5.41, 5.74) is 3.65. The second-order valence-corrected chi connectivity index (χ2v) is 10.2. The highest BCUT2D eigenvalue weighted by Gasteiger charge is 2.57. The number of methoxy groups -OCH3 is 1. The van der Waals surface area contributed by atoms with E-state index in [-0.39, 0.29) is 5.82 Å². The van der Waals surface area contributed by atoms with Crippen molar-refractivity contribution in [2.45, 2.75) is 36.7 Å². The molecule has 2 unspecified atom stereocenters. The van der Waals surface area contributed by atoms with Crippen molar-refractivity contribution in [1.82, 2.24) is 9.88 Å². The number of nitrogens with one attached hydrogen (secondary N) is 1. The van der Waals surface area contributed by atoms with Crippen LogP contribution < -0.4 is 4.74 Å². The topological polar surface area (TPSA) is 48.5 Å². The van der Waals surface area contributed by atoms with Crippen LogP contribution in [0.25, 0.3) is 10.9 Å². The molecule has 5 heteroatoms. The van der Waals surface area contributed by atoms with Crippen LogP contribution in [0, 0.1) is 5.82 Å². The van der Waals surface area contributed by atoms with E-state index >= 15 is 0 Å². The number of piperidine rings is 1. The van der Waals surface area contributed by atoms with Gasteiger partial charge in [0.25, 0.3) is 0 Å². The first-order chi connectivity index (χ1) is 17.0. The van der Waals surface area contributed by atoms with E-state index in [1.165, 1.54) is 11.6 Å². The molecule has 2 heterocycles. The Kier molecular flexibility index (Phi) is 5.42. The number of aromatic amines is 1. The van der Waals surface area contributed by atoms with E-state index in [1.807, 2.05) is 24.3 Å². The van der Waals surface area contributed by atoms with Crippen LogP contribution in [0.1, 0.15) is 28.8 Å². The molecule has 1 aliphatic carbocycles. The molecule has 6 rings (SSSR count). The number of halogens is 1. The second-order valence-electron chi connectivity index (χ2n) is 10.2. The van der Waals surface area contributed by atoms with Crippen molar-refractivity contribution in [2.75, 3.05) is 26.7 Å². The van der Waals surface area contributed by atoms with Gasteiger partial charge in [-0.3, -0.25) is 0 Å². The molecule has 0 bridgehead atoms. The fourth-order valence-electron chi connectivity index (χ4n) is 6.48. The number of H-pyrrole nitrogens is 1. The maximum absolute atomic E-state index is 14.9. The van der Waals surface area contributed by atoms with Crippen LogP contribution in [0.3, 0.4) is 0 Å². The van der Waals surface area contributed by atoms with Crippen molar-refractivity contribution in [2.24, 2.45) is 0 Å². The summed E-state index contributed by atoms with van der Waals surface area (Å²) in [6.45, 7) is 2.34. The number of aromatic nitrogens is 1. The summed E-state index contributed by atoms with van der Waals surface area (Å²) < 4.78 is 20.5. The number of fused-ring (bicyclic) bond motifs is 4. The van der Waals surface area contributed by atoms with Crippen LogP contribution in [-0.4, -0.2) is 47.3 Å².